The highest BCUT2D eigenvalue weighted by atomic mass is 16.5. The Morgan fingerprint density at radius 3 is 2.89 bits per heavy atom. The van der Waals surface area contributed by atoms with Gasteiger partial charge >= 0.3 is 0 Å². The zero-order chi connectivity index (χ0) is 13.0. The molecule has 2 bridgehead atoms. The smallest absolute Gasteiger partial charge is 0.224 e. The lowest BCUT2D eigenvalue weighted by molar-refractivity contribution is -0.125. The fraction of sp³-hybridized carbons (Fsp3) is 0.923. The first kappa shape index (κ1) is 13.8. The topological polar surface area (TPSA) is 53.6 Å². The van der Waals surface area contributed by atoms with Gasteiger partial charge in [-0.25, -0.2) is 0 Å². The SMILES string of the molecule is COCCN(C)CCNC(=O)C1CC2CCC1N2. The van der Waals surface area contributed by atoms with Crippen LogP contribution in [0.25, 0.3) is 0 Å². The molecular weight excluding hydrogens is 230 g/mol. The van der Waals surface area contributed by atoms with E-state index in [9.17, 15) is 4.79 Å². The molecule has 0 spiro atoms. The highest BCUT2D eigenvalue weighted by molar-refractivity contribution is 5.80. The van der Waals surface area contributed by atoms with Gasteiger partial charge in [0.25, 0.3) is 0 Å². The number of methoxy groups -OCH3 is 1. The number of hydrogen-bond acceptors (Lipinski definition) is 4. The minimum absolute atomic E-state index is 0.202. The van der Waals surface area contributed by atoms with Gasteiger partial charge in [-0.1, -0.05) is 0 Å². The third-order valence-electron chi connectivity index (χ3n) is 4.11. The van der Waals surface area contributed by atoms with E-state index in [1.54, 1.807) is 7.11 Å². The molecule has 0 saturated carbocycles. The molecule has 2 N–H and O–H groups in total. The van der Waals surface area contributed by atoms with Gasteiger partial charge in [0.1, 0.15) is 0 Å². The van der Waals surface area contributed by atoms with Crippen LogP contribution >= 0.6 is 0 Å². The number of nitrogens with zero attached hydrogens (tertiary/aromatic N) is 1. The molecule has 2 aliphatic rings. The summed E-state index contributed by atoms with van der Waals surface area (Å²) < 4.78 is 5.02. The molecule has 2 rings (SSSR count). The fourth-order valence-electron chi connectivity index (χ4n) is 2.97. The first-order chi connectivity index (χ1) is 8.70. The van der Waals surface area contributed by atoms with E-state index in [1.807, 2.05) is 7.05 Å². The second-order valence-electron chi connectivity index (χ2n) is 5.48. The molecule has 104 valence electrons. The summed E-state index contributed by atoms with van der Waals surface area (Å²) in [5.74, 6) is 0.433. The second kappa shape index (κ2) is 6.50. The first-order valence-electron chi connectivity index (χ1n) is 6.92. The van der Waals surface area contributed by atoms with Crippen molar-refractivity contribution in [1.82, 2.24) is 15.5 Å². The van der Waals surface area contributed by atoms with E-state index in [0.717, 1.165) is 39.1 Å². The second-order valence-corrected chi connectivity index (χ2v) is 5.48. The third-order valence-corrected chi connectivity index (χ3v) is 4.11. The van der Waals surface area contributed by atoms with Crippen molar-refractivity contribution >= 4 is 5.91 Å². The molecule has 5 nitrogen and oxygen atoms in total. The van der Waals surface area contributed by atoms with Crippen LogP contribution in [-0.4, -0.2) is 63.3 Å². The highest BCUT2D eigenvalue weighted by Crippen LogP contribution is 2.33. The van der Waals surface area contributed by atoms with Crippen molar-refractivity contribution in [1.29, 1.82) is 0 Å². The summed E-state index contributed by atoms with van der Waals surface area (Å²) in [6.45, 7) is 3.25. The maximum absolute atomic E-state index is 12.0. The normalized spacial score (nSPS) is 30.1. The van der Waals surface area contributed by atoms with Crippen molar-refractivity contribution in [2.24, 2.45) is 5.92 Å². The van der Waals surface area contributed by atoms with Gasteiger partial charge in [-0.15, -0.1) is 0 Å². The number of fused-ring (bicyclic) bond motifs is 2. The number of amides is 1. The van der Waals surface area contributed by atoms with E-state index in [4.69, 9.17) is 4.74 Å². The number of hydrogen-bond donors (Lipinski definition) is 2. The van der Waals surface area contributed by atoms with Crippen LogP contribution in [0.2, 0.25) is 0 Å². The Bertz CT molecular complexity index is 285. The number of likely N-dealkylation sites (N-methyl/N-ethyl adjacent to an activating group) is 1. The van der Waals surface area contributed by atoms with Crippen LogP contribution in [0.3, 0.4) is 0 Å². The van der Waals surface area contributed by atoms with Crippen molar-refractivity contribution in [2.45, 2.75) is 31.3 Å². The summed E-state index contributed by atoms with van der Waals surface area (Å²) in [4.78, 5) is 14.2. The van der Waals surface area contributed by atoms with E-state index < -0.39 is 0 Å². The minimum atomic E-state index is 0.202. The third kappa shape index (κ3) is 3.43. The van der Waals surface area contributed by atoms with Gasteiger partial charge in [-0.05, 0) is 26.3 Å². The Morgan fingerprint density at radius 2 is 2.28 bits per heavy atom. The molecule has 3 unspecified atom stereocenters. The molecule has 0 aromatic rings. The van der Waals surface area contributed by atoms with Gasteiger partial charge in [-0.2, -0.15) is 0 Å². The van der Waals surface area contributed by atoms with Gasteiger partial charge in [-0.3, -0.25) is 4.79 Å². The van der Waals surface area contributed by atoms with Crippen molar-refractivity contribution in [3.8, 4) is 0 Å². The predicted molar refractivity (Wildman–Crippen MR) is 70.4 cm³/mol. The van der Waals surface area contributed by atoms with Crippen LogP contribution in [0.5, 0.6) is 0 Å². The lowest BCUT2D eigenvalue weighted by Gasteiger charge is -2.21. The summed E-state index contributed by atoms with van der Waals surface area (Å²) >= 11 is 0. The number of ether oxygens (including phenoxy) is 1. The average molecular weight is 255 g/mol. The quantitative estimate of drug-likeness (QED) is 0.663. The molecule has 5 heteroatoms. The van der Waals surface area contributed by atoms with Gasteiger partial charge in [0, 0.05) is 38.8 Å². The Hall–Kier alpha value is -0.650. The van der Waals surface area contributed by atoms with Crippen molar-refractivity contribution in [3.63, 3.8) is 0 Å². The Morgan fingerprint density at radius 1 is 1.44 bits per heavy atom. The Labute approximate surface area is 109 Å². The summed E-state index contributed by atoms with van der Waals surface area (Å²) in [6, 6.07) is 1.02. The standard InChI is InChI=1S/C13H25N3O2/c1-16(7-8-18-2)6-5-14-13(17)11-9-10-3-4-12(11)15-10/h10-12,15H,3-9H2,1-2H3,(H,14,17). The molecule has 2 saturated heterocycles. The van der Waals surface area contributed by atoms with E-state index in [2.05, 4.69) is 15.5 Å². The lowest BCUT2D eigenvalue weighted by atomic mass is 9.88. The molecule has 2 fully saturated rings. The summed E-state index contributed by atoms with van der Waals surface area (Å²) in [7, 11) is 3.75. The van der Waals surface area contributed by atoms with Crippen molar-refractivity contribution in [3.05, 3.63) is 0 Å². The summed E-state index contributed by atoms with van der Waals surface area (Å²) in [5, 5.41) is 6.55. The van der Waals surface area contributed by atoms with Crippen LogP contribution in [0.4, 0.5) is 0 Å². The van der Waals surface area contributed by atoms with Crippen molar-refractivity contribution in [2.75, 3.05) is 40.4 Å². The van der Waals surface area contributed by atoms with E-state index in [1.165, 1.54) is 6.42 Å². The molecular formula is C13H25N3O2. The molecule has 2 heterocycles. The van der Waals surface area contributed by atoms with E-state index in [0.29, 0.717) is 12.1 Å². The molecule has 1 amide bonds. The molecule has 0 aliphatic carbocycles. The number of carbonyl (C=O) groups is 1. The van der Waals surface area contributed by atoms with Crippen LogP contribution in [0.15, 0.2) is 0 Å². The largest absolute Gasteiger partial charge is 0.383 e. The maximum atomic E-state index is 12.0. The number of carbonyl (C=O) groups excluding carboxylic acids is 1. The van der Waals surface area contributed by atoms with Crippen molar-refractivity contribution < 1.29 is 9.53 Å². The van der Waals surface area contributed by atoms with Gasteiger partial charge in [0.15, 0.2) is 0 Å². The molecule has 0 aromatic carbocycles. The van der Waals surface area contributed by atoms with Gasteiger partial charge in [0.05, 0.1) is 12.5 Å². The van der Waals surface area contributed by atoms with Crippen LogP contribution in [-0.2, 0) is 9.53 Å². The Balaban J connectivity index is 1.60. The predicted octanol–water partition coefficient (Wildman–Crippen LogP) is -0.179. The van der Waals surface area contributed by atoms with Crippen LogP contribution in [0.1, 0.15) is 19.3 Å². The van der Waals surface area contributed by atoms with E-state index in [-0.39, 0.29) is 11.8 Å². The summed E-state index contributed by atoms with van der Waals surface area (Å²) in [5.41, 5.74) is 0. The monoisotopic (exact) mass is 255 g/mol. The zero-order valence-corrected chi connectivity index (χ0v) is 11.4. The highest BCUT2D eigenvalue weighted by Gasteiger charge is 2.42. The lowest BCUT2D eigenvalue weighted by Crippen LogP contribution is -2.41. The first-order valence-corrected chi connectivity index (χ1v) is 6.92. The number of nitrogens with one attached hydrogen (secondary N) is 2. The minimum Gasteiger partial charge on any atom is -0.383 e. The zero-order valence-electron chi connectivity index (χ0n) is 11.4. The van der Waals surface area contributed by atoms with Crippen LogP contribution < -0.4 is 10.6 Å². The Kier molecular flexibility index (Phi) is 4.97. The fourth-order valence-corrected chi connectivity index (χ4v) is 2.97. The molecule has 0 aromatic heterocycles. The summed E-state index contributed by atoms with van der Waals surface area (Å²) in [6.07, 6.45) is 3.43. The molecule has 18 heavy (non-hydrogen) atoms. The molecule has 0 radical (unpaired) electrons. The van der Waals surface area contributed by atoms with Crippen LogP contribution in [0, 0.1) is 5.92 Å². The number of rotatable bonds is 7. The van der Waals surface area contributed by atoms with Gasteiger partial charge < -0.3 is 20.3 Å². The van der Waals surface area contributed by atoms with Gasteiger partial charge in [0.2, 0.25) is 5.91 Å². The average Bonchev–Trinajstić information content (AvgIpc) is 2.98. The van der Waals surface area contributed by atoms with E-state index >= 15 is 0 Å². The molecule has 3 atom stereocenters. The maximum Gasteiger partial charge on any atom is 0.224 e. The molecule has 2 aliphatic heterocycles.